The summed E-state index contributed by atoms with van der Waals surface area (Å²) in [5, 5.41) is 8.92. The summed E-state index contributed by atoms with van der Waals surface area (Å²) in [5.41, 5.74) is 5.48. The normalized spacial score (nSPS) is 36.9. The van der Waals surface area contributed by atoms with Gasteiger partial charge in [-0.1, -0.05) is 0 Å². The van der Waals surface area contributed by atoms with E-state index in [-0.39, 0.29) is 11.8 Å². The molecule has 1 aliphatic carbocycles. The van der Waals surface area contributed by atoms with Gasteiger partial charge in [-0.15, -0.1) is 0 Å². The molecule has 1 saturated carbocycles. The number of hydrogen-bond acceptors (Lipinski definition) is 3. The molecule has 0 aromatic heterocycles. The van der Waals surface area contributed by atoms with Gasteiger partial charge in [0.05, 0.1) is 0 Å². The highest BCUT2D eigenvalue weighted by molar-refractivity contribution is 5.83. The quantitative estimate of drug-likeness (QED) is 0.460. The zero-order valence-corrected chi connectivity index (χ0v) is 5.21. The molecule has 1 aliphatic rings. The molecule has 3 nitrogen and oxygen atoms in total. The molecule has 0 saturated heterocycles. The monoisotopic (exact) mass is 129 g/mol. The molecule has 0 radical (unpaired) electrons. The van der Waals surface area contributed by atoms with Crippen LogP contribution in [0.15, 0.2) is 0 Å². The van der Waals surface area contributed by atoms with Gasteiger partial charge in [-0.3, -0.25) is 4.79 Å². The predicted molar refractivity (Wildman–Crippen MR) is 32.8 cm³/mol. The molecule has 0 bridgehead atoms. The van der Waals surface area contributed by atoms with Crippen molar-refractivity contribution in [2.45, 2.75) is 31.4 Å². The van der Waals surface area contributed by atoms with Crippen LogP contribution in [0.1, 0.15) is 19.3 Å². The van der Waals surface area contributed by atoms with Crippen LogP contribution in [0.5, 0.6) is 0 Å². The van der Waals surface area contributed by atoms with E-state index < -0.39 is 6.10 Å². The van der Waals surface area contributed by atoms with Gasteiger partial charge in [-0.05, 0) is 12.8 Å². The number of carbonyl (C=O) groups excluding carboxylic acids is 1. The number of rotatable bonds is 0. The molecule has 0 amide bonds. The zero-order valence-electron chi connectivity index (χ0n) is 5.21. The summed E-state index contributed by atoms with van der Waals surface area (Å²) in [6.45, 7) is 0. The van der Waals surface area contributed by atoms with Crippen molar-refractivity contribution in [3.8, 4) is 0 Å². The molecule has 52 valence electrons. The Morgan fingerprint density at radius 1 is 1.67 bits per heavy atom. The van der Waals surface area contributed by atoms with Gasteiger partial charge in [0.15, 0.2) is 5.78 Å². The van der Waals surface area contributed by atoms with Crippen LogP contribution >= 0.6 is 0 Å². The first-order valence-electron chi connectivity index (χ1n) is 3.16. The Morgan fingerprint density at radius 3 is 2.78 bits per heavy atom. The fourth-order valence-electron chi connectivity index (χ4n) is 1.03. The van der Waals surface area contributed by atoms with Crippen molar-refractivity contribution in [2.75, 3.05) is 0 Å². The number of carbonyl (C=O) groups is 1. The largest absolute Gasteiger partial charge is 0.385 e. The minimum absolute atomic E-state index is 0.0256. The van der Waals surface area contributed by atoms with Gasteiger partial charge in [0.1, 0.15) is 6.10 Å². The van der Waals surface area contributed by atoms with Crippen molar-refractivity contribution in [3.05, 3.63) is 0 Å². The molecule has 0 aromatic rings. The first kappa shape index (κ1) is 6.71. The third kappa shape index (κ3) is 1.50. The fourth-order valence-corrected chi connectivity index (χ4v) is 1.03. The minimum Gasteiger partial charge on any atom is -0.385 e. The highest BCUT2D eigenvalue weighted by Crippen LogP contribution is 2.12. The molecule has 0 aromatic carbocycles. The van der Waals surface area contributed by atoms with Crippen LogP contribution in [0.25, 0.3) is 0 Å². The van der Waals surface area contributed by atoms with Crippen LogP contribution in [-0.4, -0.2) is 23.0 Å². The summed E-state index contributed by atoms with van der Waals surface area (Å²) >= 11 is 0. The van der Waals surface area contributed by atoms with E-state index in [1.807, 2.05) is 0 Å². The lowest BCUT2D eigenvalue weighted by atomic mass is 9.93. The van der Waals surface area contributed by atoms with Crippen LogP contribution in [0, 0.1) is 0 Å². The summed E-state index contributed by atoms with van der Waals surface area (Å²) in [5.74, 6) is -0.0586. The van der Waals surface area contributed by atoms with Crippen LogP contribution in [0.2, 0.25) is 0 Å². The van der Waals surface area contributed by atoms with Crippen molar-refractivity contribution in [2.24, 2.45) is 5.73 Å². The number of hydrogen-bond donors (Lipinski definition) is 2. The second-order valence-electron chi connectivity index (χ2n) is 2.52. The summed E-state index contributed by atoms with van der Waals surface area (Å²) in [7, 11) is 0. The van der Waals surface area contributed by atoms with Crippen LogP contribution in [0.4, 0.5) is 0 Å². The van der Waals surface area contributed by atoms with Crippen molar-refractivity contribution in [1.82, 2.24) is 0 Å². The van der Waals surface area contributed by atoms with E-state index in [1.54, 1.807) is 0 Å². The zero-order chi connectivity index (χ0) is 6.85. The lowest BCUT2D eigenvalue weighted by Crippen LogP contribution is -2.36. The topological polar surface area (TPSA) is 63.3 Å². The summed E-state index contributed by atoms with van der Waals surface area (Å²) < 4.78 is 0. The number of aliphatic hydroxyl groups is 1. The van der Waals surface area contributed by atoms with Gasteiger partial charge in [0, 0.05) is 12.5 Å². The SMILES string of the molecule is NC1CCC(=O)C(O)C1. The summed E-state index contributed by atoms with van der Waals surface area (Å²) in [6, 6.07) is 0.0256. The van der Waals surface area contributed by atoms with Gasteiger partial charge < -0.3 is 10.8 Å². The van der Waals surface area contributed by atoms with E-state index >= 15 is 0 Å². The van der Waals surface area contributed by atoms with Crippen molar-refractivity contribution in [3.63, 3.8) is 0 Å². The molecule has 0 heterocycles. The Balaban J connectivity index is 2.44. The fraction of sp³-hybridized carbons (Fsp3) is 0.833. The maximum absolute atomic E-state index is 10.6. The third-order valence-corrected chi connectivity index (χ3v) is 1.66. The molecule has 1 fully saturated rings. The summed E-state index contributed by atoms with van der Waals surface area (Å²) in [6.07, 6.45) is 0.839. The number of nitrogens with two attached hydrogens (primary N) is 1. The third-order valence-electron chi connectivity index (χ3n) is 1.66. The molecule has 1 rings (SSSR count). The summed E-state index contributed by atoms with van der Waals surface area (Å²) in [4.78, 5) is 10.6. The molecule has 2 unspecified atom stereocenters. The second-order valence-corrected chi connectivity index (χ2v) is 2.52. The van der Waals surface area contributed by atoms with E-state index in [1.165, 1.54) is 0 Å². The molecular weight excluding hydrogens is 118 g/mol. The molecule has 9 heavy (non-hydrogen) atoms. The number of aliphatic hydroxyl groups excluding tert-OH is 1. The van der Waals surface area contributed by atoms with E-state index in [0.717, 1.165) is 6.42 Å². The minimum atomic E-state index is -0.784. The molecule has 2 atom stereocenters. The Bertz CT molecular complexity index is 124. The number of Topliss-reactive ketones (excluding diaryl/α,β-unsaturated/α-hetero) is 1. The molecule has 0 spiro atoms. The highest BCUT2D eigenvalue weighted by atomic mass is 16.3. The van der Waals surface area contributed by atoms with Gasteiger partial charge in [-0.25, -0.2) is 0 Å². The standard InChI is InChI=1S/C6H11NO2/c7-4-1-2-5(8)6(9)3-4/h4,6,9H,1-3,7H2. The van der Waals surface area contributed by atoms with Crippen molar-refractivity contribution < 1.29 is 9.90 Å². The average molecular weight is 129 g/mol. The van der Waals surface area contributed by atoms with Gasteiger partial charge >= 0.3 is 0 Å². The highest BCUT2D eigenvalue weighted by Gasteiger charge is 2.23. The first-order valence-corrected chi connectivity index (χ1v) is 3.16. The first-order chi connectivity index (χ1) is 4.20. The Hall–Kier alpha value is -0.410. The van der Waals surface area contributed by atoms with Gasteiger partial charge in [-0.2, -0.15) is 0 Å². The lowest BCUT2D eigenvalue weighted by Gasteiger charge is -2.20. The van der Waals surface area contributed by atoms with Crippen LogP contribution < -0.4 is 5.73 Å². The molecule has 3 heteroatoms. The maximum atomic E-state index is 10.6. The Labute approximate surface area is 53.9 Å². The molecular formula is C6H11NO2. The number of ketones is 1. The second kappa shape index (κ2) is 2.45. The lowest BCUT2D eigenvalue weighted by molar-refractivity contribution is -0.129. The maximum Gasteiger partial charge on any atom is 0.161 e. The average Bonchev–Trinajstić information content (AvgIpc) is 1.80. The van der Waals surface area contributed by atoms with Gasteiger partial charge in [0.25, 0.3) is 0 Å². The van der Waals surface area contributed by atoms with E-state index in [4.69, 9.17) is 10.8 Å². The Kier molecular flexibility index (Phi) is 1.83. The van der Waals surface area contributed by atoms with Crippen molar-refractivity contribution >= 4 is 5.78 Å². The van der Waals surface area contributed by atoms with E-state index in [9.17, 15) is 4.79 Å². The van der Waals surface area contributed by atoms with Gasteiger partial charge in [0.2, 0.25) is 0 Å². The van der Waals surface area contributed by atoms with E-state index in [0.29, 0.717) is 12.8 Å². The predicted octanol–water partition coefficient (Wildman–Crippen LogP) is -0.572. The Morgan fingerprint density at radius 2 is 2.33 bits per heavy atom. The van der Waals surface area contributed by atoms with Crippen molar-refractivity contribution in [1.29, 1.82) is 0 Å². The van der Waals surface area contributed by atoms with E-state index in [2.05, 4.69) is 0 Å². The van der Waals surface area contributed by atoms with Crippen LogP contribution in [-0.2, 0) is 4.79 Å². The smallest absolute Gasteiger partial charge is 0.161 e. The molecule has 0 aliphatic heterocycles. The molecule has 3 N–H and O–H groups in total. The van der Waals surface area contributed by atoms with Crippen LogP contribution in [0.3, 0.4) is 0 Å².